The van der Waals surface area contributed by atoms with E-state index in [0.717, 1.165) is 47.0 Å². The standard InChI is InChI=1S/C19H26N6O/c1-4-10-20-18-16-19(25(11-21-16)14-8-6-5-7-9-14)23-17(22-18)15-12(2)24-26-13(15)3/h11,14H,4-10H2,1-3H3,(H,20,22,23). The highest BCUT2D eigenvalue weighted by Crippen LogP contribution is 2.33. The minimum absolute atomic E-state index is 0.472. The van der Waals surface area contributed by atoms with Crippen molar-refractivity contribution in [2.75, 3.05) is 11.9 Å². The Labute approximate surface area is 153 Å². The fourth-order valence-electron chi connectivity index (χ4n) is 3.82. The van der Waals surface area contributed by atoms with E-state index >= 15 is 0 Å². The molecule has 1 aliphatic carbocycles. The van der Waals surface area contributed by atoms with Gasteiger partial charge in [0.25, 0.3) is 0 Å². The predicted molar refractivity (Wildman–Crippen MR) is 101 cm³/mol. The highest BCUT2D eigenvalue weighted by atomic mass is 16.5. The van der Waals surface area contributed by atoms with Crippen molar-refractivity contribution < 1.29 is 4.52 Å². The van der Waals surface area contributed by atoms with Crippen molar-refractivity contribution in [1.29, 1.82) is 0 Å². The molecule has 3 aromatic heterocycles. The SMILES string of the molecule is CCCNc1nc(-c2c(C)noc2C)nc2c1ncn2C1CCCCC1. The van der Waals surface area contributed by atoms with Crippen molar-refractivity contribution in [1.82, 2.24) is 24.7 Å². The lowest BCUT2D eigenvalue weighted by Crippen LogP contribution is -2.13. The van der Waals surface area contributed by atoms with Crippen LogP contribution >= 0.6 is 0 Å². The van der Waals surface area contributed by atoms with E-state index in [1.54, 1.807) is 0 Å². The van der Waals surface area contributed by atoms with Crippen LogP contribution in [0.2, 0.25) is 0 Å². The van der Waals surface area contributed by atoms with Gasteiger partial charge in [-0.3, -0.25) is 0 Å². The number of nitrogens with zero attached hydrogens (tertiary/aromatic N) is 5. The van der Waals surface area contributed by atoms with Gasteiger partial charge in [-0.15, -0.1) is 0 Å². The minimum atomic E-state index is 0.472. The number of aryl methyl sites for hydroxylation is 2. The van der Waals surface area contributed by atoms with E-state index < -0.39 is 0 Å². The molecule has 1 N–H and O–H groups in total. The van der Waals surface area contributed by atoms with Crippen LogP contribution in [-0.2, 0) is 0 Å². The Morgan fingerprint density at radius 1 is 1.19 bits per heavy atom. The molecule has 0 aromatic carbocycles. The van der Waals surface area contributed by atoms with E-state index in [1.165, 1.54) is 32.1 Å². The van der Waals surface area contributed by atoms with Gasteiger partial charge in [0.15, 0.2) is 17.3 Å². The van der Waals surface area contributed by atoms with Gasteiger partial charge in [0.1, 0.15) is 11.3 Å². The Morgan fingerprint density at radius 2 is 2.00 bits per heavy atom. The van der Waals surface area contributed by atoms with E-state index in [9.17, 15) is 0 Å². The molecule has 3 aromatic rings. The van der Waals surface area contributed by atoms with Gasteiger partial charge < -0.3 is 14.4 Å². The molecule has 7 nitrogen and oxygen atoms in total. The monoisotopic (exact) mass is 354 g/mol. The maximum atomic E-state index is 5.34. The summed E-state index contributed by atoms with van der Waals surface area (Å²) in [5.41, 5.74) is 3.44. The average Bonchev–Trinajstić information content (AvgIpc) is 3.23. The molecule has 26 heavy (non-hydrogen) atoms. The van der Waals surface area contributed by atoms with Gasteiger partial charge in [-0.05, 0) is 33.1 Å². The topological polar surface area (TPSA) is 81.7 Å². The van der Waals surface area contributed by atoms with Crippen molar-refractivity contribution >= 4 is 17.0 Å². The van der Waals surface area contributed by atoms with Crippen LogP contribution in [0.15, 0.2) is 10.9 Å². The molecule has 3 heterocycles. The summed E-state index contributed by atoms with van der Waals surface area (Å²) in [5, 5.41) is 7.48. The second-order valence-corrected chi connectivity index (χ2v) is 7.14. The molecule has 1 aliphatic rings. The van der Waals surface area contributed by atoms with Crippen molar-refractivity contribution in [2.45, 2.75) is 65.3 Å². The second-order valence-electron chi connectivity index (χ2n) is 7.14. The lowest BCUT2D eigenvalue weighted by molar-refractivity contribution is 0.358. The van der Waals surface area contributed by atoms with Gasteiger partial charge in [0.2, 0.25) is 0 Å². The van der Waals surface area contributed by atoms with Gasteiger partial charge in [-0.2, -0.15) is 0 Å². The molecular formula is C19H26N6O. The van der Waals surface area contributed by atoms with Gasteiger partial charge in [0.05, 0.1) is 17.6 Å². The molecule has 4 rings (SSSR count). The maximum absolute atomic E-state index is 5.34. The van der Waals surface area contributed by atoms with Crippen LogP contribution in [0.4, 0.5) is 5.82 Å². The molecule has 0 bridgehead atoms. The first kappa shape index (κ1) is 17.0. The van der Waals surface area contributed by atoms with E-state index in [1.807, 2.05) is 20.2 Å². The van der Waals surface area contributed by atoms with Gasteiger partial charge >= 0.3 is 0 Å². The normalized spacial score (nSPS) is 15.7. The van der Waals surface area contributed by atoms with E-state index in [2.05, 4.69) is 26.9 Å². The fourth-order valence-corrected chi connectivity index (χ4v) is 3.82. The van der Waals surface area contributed by atoms with Crippen molar-refractivity contribution in [3.63, 3.8) is 0 Å². The smallest absolute Gasteiger partial charge is 0.169 e. The average molecular weight is 354 g/mol. The quantitative estimate of drug-likeness (QED) is 0.730. The number of hydrogen-bond acceptors (Lipinski definition) is 6. The summed E-state index contributed by atoms with van der Waals surface area (Å²) in [6.45, 7) is 6.82. The first-order chi connectivity index (χ1) is 12.7. The number of nitrogens with one attached hydrogen (secondary N) is 1. The zero-order valence-corrected chi connectivity index (χ0v) is 15.7. The highest BCUT2D eigenvalue weighted by molar-refractivity contribution is 5.85. The van der Waals surface area contributed by atoms with Crippen molar-refractivity contribution in [3.8, 4) is 11.4 Å². The van der Waals surface area contributed by atoms with Gasteiger partial charge in [-0.25, -0.2) is 15.0 Å². The predicted octanol–water partition coefficient (Wildman–Crippen LogP) is 4.43. The van der Waals surface area contributed by atoms with E-state index in [4.69, 9.17) is 14.5 Å². The third kappa shape index (κ3) is 2.95. The molecule has 1 fully saturated rings. The summed E-state index contributed by atoms with van der Waals surface area (Å²) in [4.78, 5) is 14.3. The molecule has 0 radical (unpaired) electrons. The van der Waals surface area contributed by atoms with Crippen LogP contribution in [0.1, 0.15) is 62.9 Å². The molecule has 0 atom stereocenters. The second kappa shape index (κ2) is 7.05. The largest absolute Gasteiger partial charge is 0.368 e. The summed E-state index contributed by atoms with van der Waals surface area (Å²) in [6.07, 6.45) is 9.20. The number of imidazole rings is 1. The Balaban J connectivity index is 1.87. The van der Waals surface area contributed by atoms with Crippen LogP contribution in [-0.4, -0.2) is 31.2 Å². The first-order valence-corrected chi connectivity index (χ1v) is 9.60. The Bertz CT molecular complexity index is 887. The van der Waals surface area contributed by atoms with E-state index in [-0.39, 0.29) is 0 Å². The Morgan fingerprint density at radius 3 is 2.69 bits per heavy atom. The molecule has 0 aliphatic heterocycles. The van der Waals surface area contributed by atoms with Crippen LogP contribution in [0.25, 0.3) is 22.6 Å². The summed E-state index contributed by atoms with van der Waals surface area (Å²) < 4.78 is 7.58. The number of anilines is 1. The van der Waals surface area contributed by atoms with Crippen LogP contribution < -0.4 is 5.32 Å². The molecule has 0 saturated heterocycles. The summed E-state index contributed by atoms with van der Waals surface area (Å²) in [5.74, 6) is 2.19. The maximum Gasteiger partial charge on any atom is 0.169 e. The van der Waals surface area contributed by atoms with Crippen molar-refractivity contribution in [2.24, 2.45) is 0 Å². The Hall–Kier alpha value is -2.44. The van der Waals surface area contributed by atoms with Crippen LogP contribution in [0.3, 0.4) is 0 Å². The number of fused-ring (bicyclic) bond motifs is 1. The van der Waals surface area contributed by atoms with Crippen LogP contribution in [0.5, 0.6) is 0 Å². The van der Waals surface area contributed by atoms with E-state index in [0.29, 0.717) is 11.9 Å². The molecule has 0 unspecified atom stereocenters. The third-order valence-electron chi connectivity index (χ3n) is 5.19. The molecule has 138 valence electrons. The molecule has 1 saturated carbocycles. The molecule has 0 amide bonds. The molecule has 7 heteroatoms. The summed E-state index contributed by atoms with van der Waals surface area (Å²) in [7, 11) is 0. The number of hydrogen-bond donors (Lipinski definition) is 1. The fraction of sp³-hybridized carbons (Fsp3) is 0.579. The molecule has 0 spiro atoms. The zero-order valence-electron chi connectivity index (χ0n) is 15.7. The van der Waals surface area contributed by atoms with Crippen LogP contribution in [0, 0.1) is 13.8 Å². The highest BCUT2D eigenvalue weighted by Gasteiger charge is 2.23. The Kier molecular flexibility index (Phi) is 4.61. The number of aromatic nitrogens is 5. The summed E-state index contributed by atoms with van der Waals surface area (Å²) in [6, 6.07) is 0.472. The zero-order chi connectivity index (χ0) is 18.1. The third-order valence-corrected chi connectivity index (χ3v) is 5.19. The minimum Gasteiger partial charge on any atom is -0.368 e. The summed E-state index contributed by atoms with van der Waals surface area (Å²) >= 11 is 0. The lowest BCUT2D eigenvalue weighted by Gasteiger charge is -2.23. The van der Waals surface area contributed by atoms with Gasteiger partial charge in [0, 0.05) is 12.6 Å². The number of rotatable bonds is 5. The van der Waals surface area contributed by atoms with Crippen molar-refractivity contribution in [3.05, 3.63) is 17.8 Å². The lowest BCUT2D eigenvalue weighted by atomic mass is 9.95. The first-order valence-electron chi connectivity index (χ1n) is 9.60. The van der Waals surface area contributed by atoms with Gasteiger partial charge in [-0.1, -0.05) is 31.3 Å². The molecular weight excluding hydrogens is 328 g/mol.